The molecule has 1 fully saturated rings. The number of nitrogens with zero attached hydrogens (tertiary/aromatic N) is 1. The number of alkyl halides is 3. The van der Waals surface area contributed by atoms with E-state index in [1.54, 1.807) is 11.8 Å². The zero-order valence-corrected chi connectivity index (χ0v) is 12.1. The highest BCUT2D eigenvalue weighted by Crippen LogP contribution is 2.39. The van der Waals surface area contributed by atoms with Crippen LogP contribution in [0.5, 0.6) is 0 Å². The second-order valence-corrected chi connectivity index (χ2v) is 6.10. The zero-order chi connectivity index (χ0) is 14.3. The molecule has 2 nitrogen and oxygen atoms in total. The Balaban J connectivity index is 2.40. The lowest BCUT2D eigenvalue weighted by molar-refractivity contribution is -0.137. The third-order valence-corrected chi connectivity index (χ3v) is 3.77. The van der Waals surface area contributed by atoms with Crippen molar-refractivity contribution in [1.82, 2.24) is 0 Å². The molecular weight excluding hydrogens is 323 g/mol. The predicted molar refractivity (Wildman–Crippen MR) is 71.2 cm³/mol. The average Bonchev–Trinajstić information content (AvgIpc) is 2.25. The van der Waals surface area contributed by atoms with E-state index in [2.05, 4.69) is 15.9 Å². The standard InChI is InChI=1S/C13H15BrF3NO/c1-12(19)5-2-6-18(8-12)11-7-9(14)3-4-10(11)13(15,16)17/h3-4,7,19H,2,5-6,8H2,1H3. The molecule has 1 aromatic carbocycles. The molecular formula is C13H15BrF3NO. The topological polar surface area (TPSA) is 23.5 Å². The number of piperidine rings is 1. The van der Waals surface area contributed by atoms with Crippen LogP contribution in [-0.4, -0.2) is 23.8 Å². The Morgan fingerprint density at radius 2 is 2.05 bits per heavy atom. The Hall–Kier alpha value is -0.750. The molecule has 0 amide bonds. The Morgan fingerprint density at radius 1 is 1.37 bits per heavy atom. The van der Waals surface area contributed by atoms with Gasteiger partial charge in [0.2, 0.25) is 0 Å². The summed E-state index contributed by atoms with van der Waals surface area (Å²) < 4.78 is 39.7. The van der Waals surface area contributed by atoms with E-state index in [0.29, 0.717) is 23.9 Å². The molecule has 2 rings (SSSR count). The van der Waals surface area contributed by atoms with Crippen molar-refractivity contribution in [3.8, 4) is 0 Å². The van der Waals surface area contributed by atoms with Crippen LogP contribution in [0.3, 0.4) is 0 Å². The smallest absolute Gasteiger partial charge is 0.388 e. The van der Waals surface area contributed by atoms with Gasteiger partial charge < -0.3 is 10.0 Å². The number of benzene rings is 1. The summed E-state index contributed by atoms with van der Waals surface area (Å²) in [4.78, 5) is 1.61. The van der Waals surface area contributed by atoms with Gasteiger partial charge in [-0.05, 0) is 38.0 Å². The zero-order valence-electron chi connectivity index (χ0n) is 10.5. The minimum Gasteiger partial charge on any atom is -0.388 e. The van der Waals surface area contributed by atoms with Crippen molar-refractivity contribution < 1.29 is 18.3 Å². The van der Waals surface area contributed by atoms with Gasteiger partial charge in [0, 0.05) is 17.6 Å². The highest BCUT2D eigenvalue weighted by Gasteiger charge is 2.37. The first-order valence-electron chi connectivity index (χ1n) is 6.03. The minimum absolute atomic E-state index is 0.127. The van der Waals surface area contributed by atoms with Gasteiger partial charge >= 0.3 is 6.18 Å². The average molecular weight is 338 g/mol. The quantitative estimate of drug-likeness (QED) is 0.842. The van der Waals surface area contributed by atoms with Crippen molar-refractivity contribution in [2.75, 3.05) is 18.0 Å². The van der Waals surface area contributed by atoms with Crippen LogP contribution in [0.1, 0.15) is 25.3 Å². The van der Waals surface area contributed by atoms with Crippen molar-refractivity contribution in [3.05, 3.63) is 28.2 Å². The molecule has 1 heterocycles. The van der Waals surface area contributed by atoms with Gasteiger partial charge in [-0.3, -0.25) is 0 Å². The Morgan fingerprint density at radius 3 is 2.63 bits per heavy atom. The summed E-state index contributed by atoms with van der Waals surface area (Å²) in [5, 5.41) is 10.0. The Kier molecular flexibility index (Phi) is 3.84. The van der Waals surface area contributed by atoms with Crippen LogP contribution in [0.2, 0.25) is 0 Å². The van der Waals surface area contributed by atoms with Crippen LogP contribution in [0.25, 0.3) is 0 Å². The third kappa shape index (κ3) is 3.42. The van der Waals surface area contributed by atoms with E-state index in [1.165, 1.54) is 12.1 Å². The van der Waals surface area contributed by atoms with Crippen LogP contribution in [0, 0.1) is 0 Å². The molecule has 1 saturated heterocycles. The fourth-order valence-corrected chi connectivity index (χ4v) is 2.78. The maximum absolute atomic E-state index is 13.0. The Labute approximate surface area is 118 Å². The third-order valence-electron chi connectivity index (χ3n) is 3.28. The molecule has 0 radical (unpaired) electrons. The molecule has 1 N–H and O–H groups in total. The Bertz CT molecular complexity index is 473. The first-order valence-corrected chi connectivity index (χ1v) is 6.82. The van der Waals surface area contributed by atoms with E-state index in [1.807, 2.05) is 0 Å². The van der Waals surface area contributed by atoms with Gasteiger partial charge in [-0.15, -0.1) is 0 Å². The molecule has 106 valence electrons. The number of halogens is 4. The van der Waals surface area contributed by atoms with Crippen molar-refractivity contribution in [2.45, 2.75) is 31.5 Å². The van der Waals surface area contributed by atoms with Gasteiger partial charge in [0.05, 0.1) is 16.9 Å². The molecule has 0 spiro atoms. The van der Waals surface area contributed by atoms with Gasteiger partial charge in [0.15, 0.2) is 0 Å². The maximum Gasteiger partial charge on any atom is 0.418 e. The molecule has 0 aromatic heterocycles. The number of hydrogen-bond donors (Lipinski definition) is 1. The van der Waals surface area contributed by atoms with E-state index >= 15 is 0 Å². The molecule has 6 heteroatoms. The highest BCUT2D eigenvalue weighted by atomic mass is 79.9. The minimum atomic E-state index is -4.39. The molecule has 0 saturated carbocycles. The lowest BCUT2D eigenvalue weighted by Crippen LogP contribution is -2.46. The van der Waals surface area contributed by atoms with Gasteiger partial charge in [0.25, 0.3) is 0 Å². The van der Waals surface area contributed by atoms with Crippen LogP contribution in [0.15, 0.2) is 22.7 Å². The van der Waals surface area contributed by atoms with Gasteiger partial charge in [-0.1, -0.05) is 15.9 Å². The van der Waals surface area contributed by atoms with Crippen LogP contribution in [-0.2, 0) is 6.18 Å². The normalized spacial score (nSPS) is 24.6. The fourth-order valence-electron chi connectivity index (χ4n) is 2.43. The second-order valence-electron chi connectivity index (χ2n) is 5.18. The number of aliphatic hydroxyl groups is 1. The maximum atomic E-state index is 13.0. The SMILES string of the molecule is CC1(O)CCCN(c2cc(Br)ccc2C(F)(F)F)C1. The van der Waals surface area contributed by atoms with E-state index in [4.69, 9.17) is 0 Å². The van der Waals surface area contributed by atoms with Crippen LogP contribution in [0.4, 0.5) is 18.9 Å². The number of hydrogen-bond acceptors (Lipinski definition) is 2. The van der Waals surface area contributed by atoms with Crippen molar-refractivity contribution >= 4 is 21.6 Å². The van der Waals surface area contributed by atoms with Crippen LogP contribution >= 0.6 is 15.9 Å². The van der Waals surface area contributed by atoms with Gasteiger partial charge in [-0.2, -0.15) is 13.2 Å². The molecule has 19 heavy (non-hydrogen) atoms. The molecule has 1 atom stereocenters. The summed E-state index contributed by atoms with van der Waals surface area (Å²) in [6, 6.07) is 3.92. The van der Waals surface area contributed by atoms with Crippen molar-refractivity contribution in [3.63, 3.8) is 0 Å². The largest absolute Gasteiger partial charge is 0.418 e. The van der Waals surface area contributed by atoms with Gasteiger partial charge in [0.1, 0.15) is 0 Å². The first-order chi connectivity index (χ1) is 8.69. The molecule has 0 bridgehead atoms. The number of β-amino-alcohol motifs (C(OH)–C–C–N with tert-alkyl or cyclic N) is 1. The lowest BCUT2D eigenvalue weighted by Gasteiger charge is -2.39. The first kappa shape index (κ1) is 14.7. The van der Waals surface area contributed by atoms with E-state index in [9.17, 15) is 18.3 Å². The summed E-state index contributed by atoms with van der Waals surface area (Å²) in [7, 11) is 0. The summed E-state index contributed by atoms with van der Waals surface area (Å²) >= 11 is 3.20. The van der Waals surface area contributed by atoms with E-state index in [-0.39, 0.29) is 12.2 Å². The van der Waals surface area contributed by atoms with Crippen molar-refractivity contribution in [1.29, 1.82) is 0 Å². The highest BCUT2D eigenvalue weighted by molar-refractivity contribution is 9.10. The summed E-state index contributed by atoms with van der Waals surface area (Å²) in [6.45, 7) is 2.40. The number of anilines is 1. The van der Waals surface area contributed by atoms with E-state index in [0.717, 1.165) is 6.07 Å². The van der Waals surface area contributed by atoms with Crippen molar-refractivity contribution in [2.24, 2.45) is 0 Å². The van der Waals surface area contributed by atoms with Gasteiger partial charge in [-0.25, -0.2) is 0 Å². The molecule has 1 aliphatic rings. The predicted octanol–water partition coefficient (Wildman–Crippen LogP) is 3.82. The molecule has 1 aromatic rings. The monoisotopic (exact) mass is 337 g/mol. The summed E-state index contributed by atoms with van der Waals surface area (Å²) in [6.07, 6.45) is -3.10. The fraction of sp³-hybridized carbons (Fsp3) is 0.538. The molecule has 0 aliphatic carbocycles. The van der Waals surface area contributed by atoms with E-state index < -0.39 is 17.3 Å². The summed E-state index contributed by atoms with van der Waals surface area (Å²) in [5.41, 5.74) is -1.47. The summed E-state index contributed by atoms with van der Waals surface area (Å²) in [5.74, 6) is 0. The second kappa shape index (κ2) is 4.98. The molecule has 1 unspecified atom stereocenters. The van der Waals surface area contributed by atoms with Crippen LogP contribution < -0.4 is 4.90 Å². The molecule has 1 aliphatic heterocycles. The number of rotatable bonds is 1. The lowest BCUT2D eigenvalue weighted by atomic mass is 9.94.